The number of fused-ring (bicyclic) bond motifs is 1. The molecule has 1 N–H and O–H groups in total. The zero-order valence-electron chi connectivity index (χ0n) is 17.4. The lowest BCUT2D eigenvalue weighted by Crippen LogP contribution is -2.32. The van der Waals surface area contributed by atoms with Crippen LogP contribution >= 0.6 is 12.2 Å². The summed E-state index contributed by atoms with van der Waals surface area (Å²) in [5.74, 6) is -1.12. The molecule has 0 spiro atoms. The van der Waals surface area contributed by atoms with E-state index in [-0.39, 0.29) is 33.6 Å². The number of aromatic amines is 1. The van der Waals surface area contributed by atoms with Gasteiger partial charge in [0.2, 0.25) is 0 Å². The van der Waals surface area contributed by atoms with E-state index in [2.05, 4.69) is 4.98 Å². The number of nitrogens with one attached hydrogen (secondary N) is 1. The number of hydrogen-bond acceptors (Lipinski definition) is 3. The van der Waals surface area contributed by atoms with Gasteiger partial charge in [-0.05, 0) is 73.1 Å². The highest BCUT2D eigenvalue weighted by Gasteiger charge is 2.33. The Morgan fingerprint density at radius 2 is 1.85 bits per heavy atom. The summed E-state index contributed by atoms with van der Waals surface area (Å²) in [4.78, 5) is 31.1. The number of para-hydroxylation sites is 1. The molecule has 33 heavy (non-hydrogen) atoms. The molecule has 4 aromatic rings. The molecular weight excluding hydrogens is 444 g/mol. The summed E-state index contributed by atoms with van der Waals surface area (Å²) < 4.78 is 29.0. The average molecular weight is 464 g/mol. The van der Waals surface area contributed by atoms with Gasteiger partial charge in [-0.25, -0.2) is 13.3 Å². The molecule has 0 unspecified atom stereocenters. The maximum absolute atomic E-state index is 14.3. The van der Waals surface area contributed by atoms with Gasteiger partial charge in [-0.15, -0.1) is 0 Å². The zero-order chi connectivity index (χ0) is 23.1. The van der Waals surface area contributed by atoms with E-state index >= 15 is 0 Å². The molecule has 1 heterocycles. The molecule has 0 saturated heterocycles. The van der Waals surface area contributed by atoms with Gasteiger partial charge in [-0.1, -0.05) is 24.3 Å². The van der Waals surface area contributed by atoms with Crippen LogP contribution in [0, 0.1) is 16.4 Å². The molecule has 1 saturated carbocycles. The lowest BCUT2D eigenvalue weighted by atomic mass is 10.1. The molecule has 1 fully saturated rings. The minimum Gasteiger partial charge on any atom is -0.331 e. The van der Waals surface area contributed by atoms with E-state index in [9.17, 15) is 18.4 Å². The molecule has 5 nitrogen and oxygen atoms in total. The Balaban J connectivity index is 1.53. The van der Waals surface area contributed by atoms with Crippen molar-refractivity contribution in [3.63, 3.8) is 0 Å². The molecule has 0 radical (unpaired) electrons. The van der Waals surface area contributed by atoms with Crippen LogP contribution in [0.3, 0.4) is 0 Å². The molecule has 1 amide bonds. The van der Waals surface area contributed by atoms with Crippen molar-refractivity contribution < 1.29 is 13.6 Å². The Bertz CT molecular complexity index is 1510. The molecule has 0 atom stereocenters. The quantitative estimate of drug-likeness (QED) is 0.418. The number of carbonyl (C=O) groups is 1. The van der Waals surface area contributed by atoms with Gasteiger partial charge in [-0.3, -0.25) is 9.59 Å². The van der Waals surface area contributed by atoms with Crippen LogP contribution in [0.1, 0.15) is 28.8 Å². The molecule has 1 aliphatic carbocycles. The van der Waals surface area contributed by atoms with Gasteiger partial charge < -0.3 is 9.88 Å². The summed E-state index contributed by atoms with van der Waals surface area (Å²) in [7, 11) is 0. The van der Waals surface area contributed by atoms with Gasteiger partial charge >= 0.3 is 0 Å². The second kappa shape index (κ2) is 8.37. The number of rotatable bonds is 5. The molecule has 8 heteroatoms. The smallest absolute Gasteiger partial charge is 0.266 e. The average Bonchev–Trinajstić information content (AvgIpc) is 3.63. The lowest BCUT2D eigenvalue weighted by Gasteiger charge is -2.23. The Hall–Kier alpha value is -3.65. The minimum absolute atomic E-state index is 0.0287. The first-order chi connectivity index (χ1) is 15.9. The first-order valence-electron chi connectivity index (χ1n) is 10.5. The van der Waals surface area contributed by atoms with Crippen LogP contribution in [0.2, 0.25) is 0 Å². The molecule has 166 valence electrons. The van der Waals surface area contributed by atoms with E-state index in [4.69, 9.17) is 12.2 Å². The number of hydrogen-bond donors (Lipinski definition) is 1. The van der Waals surface area contributed by atoms with Crippen molar-refractivity contribution in [2.45, 2.75) is 25.4 Å². The number of nitrogens with zero attached hydrogens (tertiary/aromatic N) is 2. The summed E-state index contributed by atoms with van der Waals surface area (Å²) in [5, 5.41) is 0.284. The number of benzene rings is 3. The third kappa shape index (κ3) is 4.09. The molecule has 3 aromatic carbocycles. The van der Waals surface area contributed by atoms with E-state index in [1.54, 1.807) is 41.3 Å². The highest BCUT2D eigenvalue weighted by Crippen LogP contribution is 2.30. The Kier molecular flexibility index (Phi) is 5.38. The molecular formula is C25H19F2N3O2S. The summed E-state index contributed by atoms with van der Waals surface area (Å²) in [6.07, 6.45) is 1.79. The largest absolute Gasteiger partial charge is 0.331 e. The van der Waals surface area contributed by atoms with Gasteiger partial charge in [0, 0.05) is 18.2 Å². The number of halogens is 2. The van der Waals surface area contributed by atoms with Crippen LogP contribution in [0.25, 0.3) is 16.6 Å². The molecule has 5 rings (SSSR count). The zero-order valence-corrected chi connectivity index (χ0v) is 18.2. The predicted molar refractivity (Wildman–Crippen MR) is 124 cm³/mol. The Morgan fingerprint density at radius 3 is 2.58 bits per heavy atom. The SMILES string of the molecule is O=C(c1ccc2c(=O)n(-c3ccccc3F)c(=S)[nH]c2c1)N(Cc1cccc(F)c1)C1CC1. The maximum atomic E-state index is 14.3. The molecule has 0 aliphatic heterocycles. The Morgan fingerprint density at radius 1 is 1.06 bits per heavy atom. The topological polar surface area (TPSA) is 58.1 Å². The van der Waals surface area contributed by atoms with Gasteiger partial charge in [-0.2, -0.15) is 0 Å². The highest BCUT2D eigenvalue weighted by molar-refractivity contribution is 7.71. The predicted octanol–water partition coefficient (Wildman–Crippen LogP) is 5.13. The lowest BCUT2D eigenvalue weighted by molar-refractivity contribution is 0.0730. The summed E-state index contributed by atoms with van der Waals surface area (Å²) in [6.45, 7) is 0.296. The van der Waals surface area contributed by atoms with E-state index < -0.39 is 11.4 Å². The van der Waals surface area contributed by atoms with Gasteiger partial charge in [0.15, 0.2) is 4.77 Å². The van der Waals surface area contributed by atoms with Crippen molar-refractivity contribution in [2.24, 2.45) is 0 Å². The van der Waals surface area contributed by atoms with E-state index in [1.807, 2.05) is 0 Å². The summed E-state index contributed by atoms with van der Waals surface area (Å²) in [6, 6.07) is 16.9. The van der Waals surface area contributed by atoms with Crippen molar-refractivity contribution in [2.75, 3.05) is 0 Å². The molecule has 1 aromatic heterocycles. The van der Waals surface area contributed by atoms with Crippen molar-refractivity contribution in [3.8, 4) is 5.69 Å². The summed E-state index contributed by atoms with van der Waals surface area (Å²) >= 11 is 5.33. The monoisotopic (exact) mass is 463 g/mol. The van der Waals surface area contributed by atoms with E-state index in [0.29, 0.717) is 23.2 Å². The van der Waals surface area contributed by atoms with Crippen molar-refractivity contribution in [1.82, 2.24) is 14.5 Å². The normalized spacial score (nSPS) is 13.3. The van der Waals surface area contributed by atoms with Gasteiger partial charge in [0.05, 0.1) is 16.6 Å². The second-order valence-electron chi connectivity index (χ2n) is 8.08. The van der Waals surface area contributed by atoms with E-state index in [1.165, 1.54) is 30.3 Å². The first kappa shape index (κ1) is 21.2. The minimum atomic E-state index is -0.567. The van der Waals surface area contributed by atoms with Crippen LogP contribution < -0.4 is 5.56 Å². The number of aromatic nitrogens is 2. The molecule has 1 aliphatic rings. The van der Waals surface area contributed by atoms with E-state index in [0.717, 1.165) is 17.4 Å². The molecule has 0 bridgehead atoms. The third-order valence-electron chi connectivity index (χ3n) is 5.73. The third-order valence-corrected chi connectivity index (χ3v) is 6.01. The summed E-state index contributed by atoms with van der Waals surface area (Å²) in [5.41, 5.74) is 1.07. The number of H-pyrrole nitrogens is 1. The number of amides is 1. The fourth-order valence-corrected chi connectivity index (χ4v) is 4.24. The maximum Gasteiger partial charge on any atom is 0.266 e. The van der Waals surface area contributed by atoms with Crippen LogP contribution in [-0.2, 0) is 6.54 Å². The highest BCUT2D eigenvalue weighted by atomic mass is 32.1. The first-order valence-corrected chi connectivity index (χ1v) is 10.9. The fourth-order valence-electron chi connectivity index (χ4n) is 3.95. The Labute approximate surface area is 192 Å². The van der Waals surface area contributed by atoms with Gasteiger partial charge in [0.1, 0.15) is 11.6 Å². The second-order valence-corrected chi connectivity index (χ2v) is 8.46. The van der Waals surface area contributed by atoms with Crippen LogP contribution in [0.15, 0.2) is 71.5 Å². The van der Waals surface area contributed by atoms with Crippen molar-refractivity contribution in [3.05, 3.63) is 105 Å². The van der Waals surface area contributed by atoms with Crippen LogP contribution in [0.5, 0.6) is 0 Å². The van der Waals surface area contributed by atoms with Crippen LogP contribution in [-0.4, -0.2) is 26.4 Å². The van der Waals surface area contributed by atoms with Gasteiger partial charge in [0.25, 0.3) is 11.5 Å². The van der Waals surface area contributed by atoms with Crippen molar-refractivity contribution >= 4 is 29.0 Å². The van der Waals surface area contributed by atoms with Crippen LogP contribution in [0.4, 0.5) is 8.78 Å². The number of carbonyl (C=O) groups excluding carboxylic acids is 1. The fraction of sp³-hybridized carbons (Fsp3) is 0.160. The standard InChI is InChI=1S/C25H19F2N3O2S/c26-17-5-3-4-15(12-17)14-29(18-9-10-18)23(31)16-8-11-19-21(13-16)28-25(33)30(24(19)32)22-7-2-1-6-20(22)27/h1-8,11-13,18H,9-10,14H2,(H,28,33). The van der Waals surface area contributed by atoms with Crippen molar-refractivity contribution in [1.29, 1.82) is 0 Å².